The van der Waals surface area contributed by atoms with Gasteiger partial charge >= 0.3 is 11.6 Å². The number of rotatable bonds is 4. The van der Waals surface area contributed by atoms with E-state index in [1.807, 2.05) is 6.07 Å². The molecule has 0 aliphatic carbocycles. The van der Waals surface area contributed by atoms with Gasteiger partial charge in [0, 0.05) is 22.2 Å². The van der Waals surface area contributed by atoms with Crippen molar-refractivity contribution in [1.29, 1.82) is 5.26 Å². The number of hydrogen-bond acceptors (Lipinski definition) is 4. The van der Waals surface area contributed by atoms with E-state index in [0.29, 0.717) is 15.1 Å². The van der Waals surface area contributed by atoms with Gasteiger partial charge in [0.15, 0.2) is 0 Å². The van der Waals surface area contributed by atoms with Crippen LogP contribution in [0.15, 0.2) is 62.6 Å². The number of alkyl halides is 2. The SMILES string of the molecule is COc1cc(C#N)c(Br)cc1-n1c(=O)cc(C(F)(F)c2ccccc2)[nH]c1=O. The predicted octanol–water partition coefficient (Wildman–Crippen LogP) is 3.31. The number of H-pyrrole nitrogens is 1. The quantitative estimate of drug-likeness (QED) is 0.664. The van der Waals surface area contributed by atoms with Crippen LogP contribution in [0.4, 0.5) is 8.78 Å². The van der Waals surface area contributed by atoms with Crippen LogP contribution in [-0.4, -0.2) is 16.7 Å². The standard InChI is InChI=1S/C19H12BrF2N3O3/c1-28-15-7-11(10-23)13(20)8-14(15)25-17(26)9-16(24-18(25)27)19(21,22)12-5-3-2-4-6-12/h2-9H,1H3,(H,24,27). The Labute approximate surface area is 165 Å². The highest BCUT2D eigenvalue weighted by atomic mass is 79.9. The van der Waals surface area contributed by atoms with Gasteiger partial charge in [0.25, 0.3) is 5.56 Å². The number of ether oxygens (including phenoxy) is 1. The van der Waals surface area contributed by atoms with E-state index in [1.54, 1.807) is 6.07 Å². The second kappa shape index (κ2) is 7.40. The fourth-order valence-electron chi connectivity index (χ4n) is 2.66. The van der Waals surface area contributed by atoms with Gasteiger partial charge in [-0.2, -0.15) is 14.0 Å². The van der Waals surface area contributed by atoms with E-state index in [0.717, 1.165) is 0 Å². The zero-order valence-electron chi connectivity index (χ0n) is 14.4. The minimum Gasteiger partial charge on any atom is -0.495 e. The summed E-state index contributed by atoms with van der Waals surface area (Å²) < 4.78 is 35.5. The molecular formula is C19H12BrF2N3O3. The first kappa shape index (κ1) is 19.5. The minimum absolute atomic E-state index is 0.00852. The van der Waals surface area contributed by atoms with Gasteiger partial charge in [0.05, 0.1) is 24.1 Å². The van der Waals surface area contributed by atoms with E-state index >= 15 is 0 Å². The van der Waals surface area contributed by atoms with Gasteiger partial charge in [-0.05, 0) is 22.0 Å². The van der Waals surface area contributed by atoms with Gasteiger partial charge < -0.3 is 9.72 Å². The summed E-state index contributed by atoms with van der Waals surface area (Å²) >= 11 is 3.17. The van der Waals surface area contributed by atoms with E-state index < -0.39 is 22.9 Å². The Balaban J connectivity index is 2.21. The summed E-state index contributed by atoms with van der Waals surface area (Å²) in [5.41, 5.74) is -2.98. The third-order valence-corrected chi connectivity index (χ3v) is 4.69. The largest absolute Gasteiger partial charge is 0.495 e. The van der Waals surface area contributed by atoms with E-state index in [2.05, 4.69) is 20.9 Å². The van der Waals surface area contributed by atoms with Gasteiger partial charge in [-0.15, -0.1) is 0 Å². The molecule has 0 spiro atoms. The molecule has 3 aromatic rings. The lowest BCUT2D eigenvalue weighted by Gasteiger charge is -2.18. The summed E-state index contributed by atoms with van der Waals surface area (Å²) in [7, 11) is 1.30. The summed E-state index contributed by atoms with van der Waals surface area (Å²) in [6.07, 6.45) is 0. The molecule has 3 rings (SSSR count). The Kier molecular flexibility index (Phi) is 5.16. The van der Waals surface area contributed by atoms with Crippen LogP contribution in [0.5, 0.6) is 5.75 Å². The smallest absolute Gasteiger partial charge is 0.333 e. The average Bonchev–Trinajstić information content (AvgIpc) is 2.68. The first-order valence-corrected chi connectivity index (χ1v) is 8.67. The first-order chi connectivity index (χ1) is 13.3. The number of aromatic amines is 1. The lowest BCUT2D eigenvalue weighted by Crippen LogP contribution is -2.37. The summed E-state index contributed by atoms with van der Waals surface area (Å²) in [5.74, 6) is -3.50. The van der Waals surface area contributed by atoms with Crippen molar-refractivity contribution in [2.45, 2.75) is 5.92 Å². The highest BCUT2D eigenvalue weighted by Gasteiger charge is 2.36. The number of nitriles is 1. The van der Waals surface area contributed by atoms with Gasteiger partial charge in [-0.3, -0.25) is 4.79 Å². The molecule has 9 heteroatoms. The first-order valence-electron chi connectivity index (χ1n) is 7.87. The molecule has 0 fully saturated rings. The zero-order valence-corrected chi connectivity index (χ0v) is 16.0. The molecule has 28 heavy (non-hydrogen) atoms. The lowest BCUT2D eigenvalue weighted by atomic mass is 10.1. The molecule has 1 heterocycles. The van der Waals surface area contributed by atoms with E-state index in [9.17, 15) is 18.4 Å². The Morgan fingerprint density at radius 1 is 1.18 bits per heavy atom. The highest BCUT2D eigenvalue weighted by Crippen LogP contribution is 2.33. The molecule has 0 bridgehead atoms. The molecule has 0 saturated carbocycles. The van der Waals surface area contributed by atoms with Crippen LogP contribution in [0, 0.1) is 11.3 Å². The Morgan fingerprint density at radius 3 is 2.43 bits per heavy atom. The van der Waals surface area contributed by atoms with Crippen LogP contribution in [-0.2, 0) is 5.92 Å². The van der Waals surface area contributed by atoms with Crippen LogP contribution in [0.1, 0.15) is 16.8 Å². The van der Waals surface area contributed by atoms with Crippen LogP contribution in [0.2, 0.25) is 0 Å². The van der Waals surface area contributed by atoms with Crippen molar-refractivity contribution < 1.29 is 13.5 Å². The second-order valence-electron chi connectivity index (χ2n) is 5.72. The molecule has 2 aromatic carbocycles. The fourth-order valence-corrected chi connectivity index (χ4v) is 3.08. The molecule has 142 valence electrons. The number of hydrogen-bond donors (Lipinski definition) is 1. The topological polar surface area (TPSA) is 87.9 Å². The molecule has 0 unspecified atom stereocenters. The molecule has 0 saturated heterocycles. The van der Waals surface area contributed by atoms with E-state index in [-0.39, 0.29) is 22.6 Å². The van der Waals surface area contributed by atoms with Crippen molar-refractivity contribution in [3.05, 3.63) is 90.7 Å². The fraction of sp³-hybridized carbons (Fsp3) is 0.105. The van der Waals surface area contributed by atoms with Crippen molar-refractivity contribution in [2.75, 3.05) is 7.11 Å². The Hall–Kier alpha value is -3.25. The molecule has 0 aliphatic rings. The van der Waals surface area contributed by atoms with Crippen LogP contribution in [0.25, 0.3) is 5.69 Å². The van der Waals surface area contributed by atoms with Gasteiger partial charge in [-0.1, -0.05) is 30.3 Å². The molecule has 0 aliphatic heterocycles. The Bertz CT molecular complexity index is 1170. The average molecular weight is 448 g/mol. The second-order valence-corrected chi connectivity index (χ2v) is 6.57. The molecular weight excluding hydrogens is 436 g/mol. The summed E-state index contributed by atoms with van der Waals surface area (Å²) in [4.78, 5) is 27.1. The third kappa shape index (κ3) is 3.34. The maximum absolute atomic E-state index is 14.7. The van der Waals surface area contributed by atoms with E-state index in [1.165, 1.54) is 43.5 Å². The number of halogens is 3. The van der Waals surface area contributed by atoms with Gasteiger partial charge in [-0.25, -0.2) is 9.36 Å². The Morgan fingerprint density at radius 2 is 1.86 bits per heavy atom. The number of aromatic nitrogens is 2. The number of nitrogens with one attached hydrogen (secondary N) is 1. The molecule has 1 N–H and O–H groups in total. The molecule has 1 aromatic heterocycles. The number of methoxy groups -OCH3 is 1. The normalized spacial score (nSPS) is 11.1. The van der Waals surface area contributed by atoms with Gasteiger partial charge in [0.1, 0.15) is 11.8 Å². The van der Waals surface area contributed by atoms with Crippen molar-refractivity contribution >= 4 is 15.9 Å². The van der Waals surface area contributed by atoms with Crippen molar-refractivity contribution in [2.24, 2.45) is 0 Å². The maximum Gasteiger partial charge on any atom is 0.333 e. The zero-order chi connectivity index (χ0) is 20.5. The van der Waals surface area contributed by atoms with E-state index in [4.69, 9.17) is 10.00 Å². The molecule has 0 radical (unpaired) electrons. The minimum atomic E-state index is -3.56. The highest BCUT2D eigenvalue weighted by molar-refractivity contribution is 9.10. The monoisotopic (exact) mass is 447 g/mol. The lowest BCUT2D eigenvalue weighted by molar-refractivity contribution is 0.0373. The molecule has 6 nitrogen and oxygen atoms in total. The molecule has 0 amide bonds. The summed E-state index contributed by atoms with van der Waals surface area (Å²) in [5, 5.41) is 9.09. The maximum atomic E-state index is 14.7. The summed E-state index contributed by atoms with van der Waals surface area (Å²) in [6, 6.07) is 12.1. The van der Waals surface area contributed by atoms with Crippen LogP contribution in [0.3, 0.4) is 0 Å². The number of benzene rings is 2. The van der Waals surface area contributed by atoms with Gasteiger partial charge in [0.2, 0.25) is 0 Å². The predicted molar refractivity (Wildman–Crippen MR) is 101 cm³/mol. The third-order valence-electron chi connectivity index (χ3n) is 4.04. The summed E-state index contributed by atoms with van der Waals surface area (Å²) in [6.45, 7) is 0. The number of nitrogens with zero attached hydrogens (tertiary/aromatic N) is 2. The van der Waals surface area contributed by atoms with Crippen molar-refractivity contribution in [3.8, 4) is 17.5 Å². The van der Waals surface area contributed by atoms with Crippen LogP contribution < -0.4 is 16.0 Å². The van der Waals surface area contributed by atoms with Crippen molar-refractivity contribution in [1.82, 2.24) is 9.55 Å². The van der Waals surface area contributed by atoms with Crippen LogP contribution >= 0.6 is 15.9 Å². The van der Waals surface area contributed by atoms with Crippen molar-refractivity contribution in [3.63, 3.8) is 0 Å². The molecule has 0 atom stereocenters.